The molecule has 2 aliphatic heterocycles. The number of anilines is 2. The number of primary amides is 2. The molecule has 6 aromatic rings. The van der Waals surface area contributed by atoms with Crippen molar-refractivity contribution in [3.05, 3.63) is 59.7 Å². The molecule has 0 aliphatic carbocycles. The number of rotatable bonds is 8. The van der Waals surface area contributed by atoms with E-state index >= 15 is 0 Å². The van der Waals surface area contributed by atoms with Crippen LogP contribution < -0.4 is 27.4 Å². The molecule has 7 N–H and O–H groups in total. The first-order valence-corrected chi connectivity index (χ1v) is 18.5. The molecule has 20 nitrogen and oxygen atoms in total. The maximum absolute atomic E-state index is 12.5. The van der Waals surface area contributed by atoms with Gasteiger partial charge in [0.15, 0.2) is 11.6 Å². The predicted molar refractivity (Wildman–Crippen MR) is 207 cm³/mol. The van der Waals surface area contributed by atoms with Crippen LogP contribution in [-0.2, 0) is 4.74 Å². The first kappa shape index (κ1) is 38.7. The lowest BCUT2D eigenvalue weighted by Crippen LogP contribution is -2.36. The summed E-state index contributed by atoms with van der Waals surface area (Å²) in [4.78, 5) is 46.7. The standard InChI is InChI=1S/C21H27N7O4.C16H19N7O2/c1-11-8-27(20(30)31-21(3,4)5)10-15(11)25-17-14(18(22)29)7-23-28-9-13(6-16(17)28)19-24-12(2)26-32-19;1-8-4-18-6-12(8)21-14-11(15(17)24)5-19-23-7-10(3-13(14)23)16-20-9(2)22-25-16/h6-7,9,11,15,25H,8,10H2,1-5H3,(H2,22,29);3,5,7-8,12,18,21H,4,6H2,1-2H3,(H2,17,24)/t11-,15+;8-,12+/m00/s1. The number of aryl methyl sites for hydroxylation is 2. The van der Waals surface area contributed by atoms with Crippen LogP contribution in [0.2, 0.25) is 0 Å². The number of fused-ring (bicyclic) bond motifs is 2. The molecule has 8 heterocycles. The van der Waals surface area contributed by atoms with Gasteiger partial charge in [0.1, 0.15) is 5.60 Å². The summed E-state index contributed by atoms with van der Waals surface area (Å²) in [6, 6.07) is 3.76. The van der Waals surface area contributed by atoms with Crippen molar-refractivity contribution in [2.24, 2.45) is 23.3 Å². The molecular formula is C37H46N14O6. The molecule has 0 aromatic carbocycles. The van der Waals surface area contributed by atoms with Crippen LogP contribution in [0.25, 0.3) is 33.9 Å². The lowest BCUT2D eigenvalue weighted by molar-refractivity contribution is 0.0288. The summed E-state index contributed by atoms with van der Waals surface area (Å²) in [7, 11) is 0. The summed E-state index contributed by atoms with van der Waals surface area (Å²) in [5, 5.41) is 26.4. The van der Waals surface area contributed by atoms with E-state index in [1.54, 1.807) is 46.2 Å². The van der Waals surface area contributed by atoms with E-state index in [2.05, 4.69) is 53.4 Å². The van der Waals surface area contributed by atoms with Crippen molar-refractivity contribution in [2.45, 2.75) is 66.2 Å². The van der Waals surface area contributed by atoms with Crippen LogP contribution in [0.15, 0.2) is 46.0 Å². The average Bonchev–Trinajstić information content (AvgIpc) is 3.99. The van der Waals surface area contributed by atoms with Crippen molar-refractivity contribution in [2.75, 3.05) is 36.8 Å². The van der Waals surface area contributed by atoms with E-state index in [-0.39, 0.29) is 29.7 Å². The van der Waals surface area contributed by atoms with Gasteiger partial charge in [-0.1, -0.05) is 24.2 Å². The first-order chi connectivity index (χ1) is 27.0. The Morgan fingerprint density at radius 2 is 1.30 bits per heavy atom. The van der Waals surface area contributed by atoms with Gasteiger partial charge in [-0.2, -0.15) is 20.2 Å². The SMILES string of the molecule is Cc1noc(-c2cc3c(N[C@@H]4CN(C(=O)OC(C)(C)C)C[C@@H]4C)c(C(N)=O)cnn3c2)n1.Cc1noc(-c2cc3c(N[C@@H]4CNC[C@@H]4C)c(C(N)=O)cnn3c2)n1. The second-order valence-corrected chi connectivity index (χ2v) is 15.5. The molecule has 2 aliphatic rings. The highest BCUT2D eigenvalue weighted by atomic mass is 16.6. The van der Waals surface area contributed by atoms with Gasteiger partial charge >= 0.3 is 6.09 Å². The second kappa shape index (κ2) is 15.2. The van der Waals surface area contributed by atoms with E-state index in [4.69, 9.17) is 25.3 Å². The molecule has 6 aromatic heterocycles. The smallest absolute Gasteiger partial charge is 0.410 e. The average molecular weight is 783 g/mol. The zero-order valence-electron chi connectivity index (χ0n) is 32.7. The molecule has 0 spiro atoms. The van der Waals surface area contributed by atoms with Crippen molar-refractivity contribution >= 4 is 40.3 Å². The van der Waals surface area contributed by atoms with Crippen molar-refractivity contribution in [1.29, 1.82) is 0 Å². The van der Waals surface area contributed by atoms with Gasteiger partial charge in [0.2, 0.25) is 0 Å². The Labute approximate surface area is 326 Å². The molecule has 2 saturated heterocycles. The maximum Gasteiger partial charge on any atom is 0.410 e. The van der Waals surface area contributed by atoms with Crippen LogP contribution in [-0.4, -0.2) is 106 Å². The van der Waals surface area contributed by atoms with E-state index in [9.17, 15) is 14.4 Å². The summed E-state index contributed by atoms with van der Waals surface area (Å²) >= 11 is 0. The van der Waals surface area contributed by atoms with E-state index in [0.717, 1.165) is 24.2 Å². The normalized spacial score (nSPS) is 19.5. The number of hydrogen-bond acceptors (Lipinski definition) is 15. The fourth-order valence-electron chi connectivity index (χ4n) is 6.86. The minimum absolute atomic E-state index is 0.115. The number of nitrogens with two attached hydrogens (primary N) is 2. The van der Waals surface area contributed by atoms with Gasteiger partial charge in [-0.05, 0) is 65.1 Å². The zero-order chi connectivity index (χ0) is 40.8. The number of aromatic nitrogens is 8. The number of likely N-dealkylation sites (tertiary alicyclic amines) is 1. The van der Waals surface area contributed by atoms with Crippen LogP contribution >= 0.6 is 0 Å². The molecule has 0 bridgehead atoms. The van der Waals surface area contributed by atoms with Crippen molar-refractivity contribution < 1.29 is 28.2 Å². The van der Waals surface area contributed by atoms with E-state index < -0.39 is 17.4 Å². The predicted octanol–water partition coefficient (Wildman–Crippen LogP) is 3.27. The molecule has 57 heavy (non-hydrogen) atoms. The van der Waals surface area contributed by atoms with Crippen LogP contribution in [0.5, 0.6) is 0 Å². The van der Waals surface area contributed by atoms with Crippen LogP contribution in [0.1, 0.15) is 67.0 Å². The van der Waals surface area contributed by atoms with Gasteiger partial charge < -0.3 is 46.1 Å². The number of amides is 3. The molecule has 0 saturated carbocycles. The fraction of sp³-hybridized carbons (Fsp3) is 0.432. The maximum atomic E-state index is 12.5. The molecule has 0 unspecified atom stereocenters. The highest BCUT2D eigenvalue weighted by molar-refractivity contribution is 6.03. The lowest BCUT2D eigenvalue weighted by atomic mass is 10.1. The Bertz CT molecular complexity index is 2460. The third kappa shape index (κ3) is 8.20. The van der Waals surface area contributed by atoms with Gasteiger partial charge in [0.25, 0.3) is 23.6 Å². The molecule has 20 heteroatoms. The highest BCUT2D eigenvalue weighted by Gasteiger charge is 2.36. The fourth-order valence-corrected chi connectivity index (χ4v) is 6.86. The molecule has 3 amide bonds. The van der Waals surface area contributed by atoms with Crippen LogP contribution in [0.3, 0.4) is 0 Å². The summed E-state index contributed by atoms with van der Waals surface area (Å²) in [6.07, 6.45) is 6.07. The Morgan fingerprint density at radius 1 is 0.789 bits per heavy atom. The summed E-state index contributed by atoms with van der Waals surface area (Å²) in [5.41, 5.74) is 15.2. The van der Waals surface area contributed by atoms with Crippen molar-refractivity contribution in [3.63, 3.8) is 0 Å². The molecule has 4 atom stereocenters. The second-order valence-electron chi connectivity index (χ2n) is 15.5. The van der Waals surface area contributed by atoms with Crippen LogP contribution in [0.4, 0.5) is 16.2 Å². The lowest BCUT2D eigenvalue weighted by Gasteiger charge is -2.24. The summed E-state index contributed by atoms with van der Waals surface area (Å²) < 4.78 is 19.3. The topological polar surface area (TPSA) is 264 Å². The monoisotopic (exact) mass is 782 g/mol. The molecule has 2 fully saturated rings. The first-order valence-electron chi connectivity index (χ1n) is 18.5. The van der Waals surface area contributed by atoms with E-state index in [1.165, 1.54) is 12.4 Å². The number of hydrogen-bond donors (Lipinski definition) is 5. The highest BCUT2D eigenvalue weighted by Crippen LogP contribution is 2.32. The number of carbonyl (C=O) groups excluding carboxylic acids is 3. The molecule has 0 radical (unpaired) electrons. The Morgan fingerprint density at radius 3 is 1.72 bits per heavy atom. The van der Waals surface area contributed by atoms with Crippen LogP contribution in [0, 0.1) is 25.7 Å². The van der Waals surface area contributed by atoms with Gasteiger partial charge in [-0.25, -0.2) is 13.8 Å². The number of nitrogens with one attached hydrogen (secondary N) is 3. The molecule has 8 rings (SSSR count). The van der Waals surface area contributed by atoms with Gasteiger partial charge in [-0.3, -0.25) is 9.59 Å². The van der Waals surface area contributed by atoms with E-state index in [0.29, 0.717) is 70.5 Å². The Kier molecular flexibility index (Phi) is 10.3. The third-order valence-electron chi connectivity index (χ3n) is 9.80. The zero-order valence-corrected chi connectivity index (χ0v) is 32.7. The summed E-state index contributed by atoms with van der Waals surface area (Å²) in [5.74, 6) is 1.25. The van der Waals surface area contributed by atoms with Crippen molar-refractivity contribution in [1.82, 2.24) is 49.7 Å². The summed E-state index contributed by atoms with van der Waals surface area (Å²) in [6.45, 7) is 15.9. The largest absolute Gasteiger partial charge is 0.444 e. The quantitative estimate of drug-likeness (QED) is 0.148. The van der Waals surface area contributed by atoms with Gasteiger partial charge in [0, 0.05) is 44.1 Å². The van der Waals surface area contributed by atoms with Gasteiger partial charge in [0.05, 0.1) is 57.1 Å². The molecular weight excluding hydrogens is 736 g/mol. The van der Waals surface area contributed by atoms with E-state index in [1.807, 2.05) is 33.8 Å². The molecule has 300 valence electrons. The van der Waals surface area contributed by atoms with Gasteiger partial charge in [-0.15, -0.1) is 0 Å². The number of carbonyl (C=O) groups is 3. The third-order valence-corrected chi connectivity index (χ3v) is 9.80. The van der Waals surface area contributed by atoms with Crippen molar-refractivity contribution in [3.8, 4) is 22.9 Å². The Balaban J connectivity index is 0.000000179. The Hall–Kier alpha value is -6.57. The number of ether oxygens (including phenoxy) is 1. The minimum Gasteiger partial charge on any atom is -0.444 e. The minimum atomic E-state index is -0.603. The number of nitrogens with zero attached hydrogens (tertiary/aromatic N) is 9.